The predicted octanol–water partition coefficient (Wildman–Crippen LogP) is 1.91. The van der Waals surface area contributed by atoms with Crippen molar-refractivity contribution in [2.45, 2.75) is 39.5 Å². The van der Waals surface area contributed by atoms with Crippen molar-refractivity contribution in [3.63, 3.8) is 0 Å². The van der Waals surface area contributed by atoms with Crippen molar-refractivity contribution in [2.24, 2.45) is 0 Å². The number of unbranched alkanes of at least 4 members (excludes halogenated alkanes) is 1. The summed E-state index contributed by atoms with van der Waals surface area (Å²) in [6.45, 7) is 14.8. The Morgan fingerprint density at radius 1 is 0.824 bits per heavy atom. The summed E-state index contributed by atoms with van der Waals surface area (Å²) in [6, 6.07) is 0. The lowest BCUT2D eigenvalue weighted by atomic mass is 10.2. The van der Waals surface area contributed by atoms with Gasteiger partial charge in [-0.25, -0.2) is 0 Å². The third-order valence-electron chi connectivity index (χ3n) is 2.62. The fraction of sp³-hybridized carbons (Fsp3) is 0.857. The fourth-order valence-corrected chi connectivity index (χ4v) is 1.49. The van der Waals surface area contributed by atoms with Crippen LogP contribution in [0.1, 0.15) is 39.5 Å². The maximum atomic E-state index is 3.88. The Morgan fingerprint density at radius 3 is 1.88 bits per heavy atom. The molecule has 0 fully saturated rings. The molecule has 0 aliphatic rings. The molecule has 0 spiro atoms. The normalized spacial score (nSPS) is 10.7. The highest BCUT2D eigenvalue weighted by Crippen LogP contribution is 1.91. The lowest BCUT2D eigenvalue weighted by molar-refractivity contribution is 0.565. The van der Waals surface area contributed by atoms with Crippen molar-refractivity contribution >= 4 is 0 Å². The quantitative estimate of drug-likeness (QED) is 0.340. The molecular weight excluding hydrogens is 210 g/mol. The van der Waals surface area contributed by atoms with E-state index in [9.17, 15) is 0 Å². The maximum absolute atomic E-state index is 3.88. The van der Waals surface area contributed by atoms with Gasteiger partial charge in [0.15, 0.2) is 0 Å². The molecule has 102 valence electrons. The van der Waals surface area contributed by atoms with Gasteiger partial charge in [-0.1, -0.05) is 18.9 Å². The minimum absolute atomic E-state index is 1.06. The number of hydrogen-bond acceptors (Lipinski definition) is 3. The Morgan fingerprint density at radius 2 is 1.35 bits per heavy atom. The first-order valence-corrected chi connectivity index (χ1v) is 7.04. The topological polar surface area (TPSA) is 36.1 Å². The van der Waals surface area contributed by atoms with Crippen molar-refractivity contribution in [2.75, 3.05) is 39.3 Å². The molecule has 0 atom stereocenters. The van der Waals surface area contributed by atoms with E-state index in [1.165, 1.54) is 24.8 Å². The summed E-state index contributed by atoms with van der Waals surface area (Å²) in [5, 5.41) is 10.3. The summed E-state index contributed by atoms with van der Waals surface area (Å²) in [4.78, 5) is 0. The predicted molar refractivity (Wildman–Crippen MR) is 77.6 cm³/mol. The van der Waals surface area contributed by atoms with Gasteiger partial charge in [0, 0.05) is 13.1 Å². The average molecular weight is 241 g/mol. The smallest absolute Gasteiger partial charge is 0.00767 e. The molecular formula is C14H31N3. The van der Waals surface area contributed by atoms with Crippen molar-refractivity contribution < 1.29 is 0 Å². The summed E-state index contributed by atoms with van der Waals surface area (Å²) < 4.78 is 0. The average Bonchev–Trinajstić information content (AvgIpc) is 2.30. The van der Waals surface area contributed by atoms with Gasteiger partial charge in [-0.05, 0) is 52.4 Å². The number of rotatable bonds is 13. The molecule has 3 N–H and O–H groups in total. The standard InChI is InChI=1S/C14H31N3/c1-4-5-8-16-12-13-17-10-6-9-15-11-7-14(2)3/h15-17H,2,4-13H2,1,3H3. The molecule has 0 rings (SSSR count). The highest BCUT2D eigenvalue weighted by atomic mass is 14.9. The molecule has 0 bridgehead atoms. The van der Waals surface area contributed by atoms with Gasteiger partial charge in [0.1, 0.15) is 0 Å². The second-order valence-electron chi connectivity index (χ2n) is 4.66. The second-order valence-corrected chi connectivity index (χ2v) is 4.66. The van der Waals surface area contributed by atoms with E-state index in [-0.39, 0.29) is 0 Å². The van der Waals surface area contributed by atoms with E-state index in [1.807, 2.05) is 0 Å². The first kappa shape index (κ1) is 16.6. The third kappa shape index (κ3) is 15.6. The fourth-order valence-electron chi connectivity index (χ4n) is 1.49. The largest absolute Gasteiger partial charge is 0.316 e. The molecule has 0 unspecified atom stereocenters. The van der Waals surface area contributed by atoms with E-state index in [2.05, 4.69) is 36.4 Å². The van der Waals surface area contributed by atoms with Gasteiger partial charge in [-0.3, -0.25) is 0 Å². The zero-order valence-corrected chi connectivity index (χ0v) is 11.8. The van der Waals surface area contributed by atoms with E-state index >= 15 is 0 Å². The first-order valence-electron chi connectivity index (χ1n) is 7.04. The monoisotopic (exact) mass is 241 g/mol. The van der Waals surface area contributed by atoms with Crippen LogP contribution in [0.5, 0.6) is 0 Å². The molecule has 3 nitrogen and oxygen atoms in total. The van der Waals surface area contributed by atoms with E-state index in [1.54, 1.807) is 0 Å². The Balaban J connectivity index is 2.91. The zero-order valence-electron chi connectivity index (χ0n) is 11.8. The Labute approximate surface area is 107 Å². The summed E-state index contributed by atoms with van der Waals surface area (Å²) in [5.74, 6) is 0. The van der Waals surface area contributed by atoms with Gasteiger partial charge >= 0.3 is 0 Å². The second kappa shape index (κ2) is 13.7. The van der Waals surface area contributed by atoms with Crippen LogP contribution in [0.3, 0.4) is 0 Å². The van der Waals surface area contributed by atoms with Gasteiger partial charge in [0.25, 0.3) is 0 Å². The highest BCUT2D eigenvalue weighted by molar-refractivity contribution is 4.88. The number of nitrogens with one attached hydrogen (secondary N) is 3. The van der Waals surface area contributed by atoms with Crippen LogP contribution < -0.4 is 16.0 Å². The van der Waals surface area contributed by atoms with Crippen molar-refractivity contribution in [3.05, 3.63) is 12.2 Å². The molecule has 0 amide bonds. The molecule has 0 aliphatic carbocycles. The Kier molecular flexibility index (Phi) is 13.4. The summed E-state index contributed by atoms with van der Waals surface area (Å²) in [6.07, 6.45) is 4.85. The van der Waals surface area contributed by atoms with Crippen LogP contribution in [0.4, 0.5) is 0 Å². The Hall–Kier alpha value is -0.380. The van der Waals surface area contributed by atoms with Crippen LogP contribution in [-0.2, 0) is 0 Å². The van der Waals surface area contributed by atoms with Gasteiger partial charge < -0.3 is 16.0 Å². The van der Waals surface area contributed by atoms with Crippen LogP contribution in [0.25, 0.3) is 0 Å². The minimum atomic E-state index is 1.06. The molecule has 0 heterocycles. The molecule has 0 saturated carbocycles. The van der Waals surface area contributed by atoms with Gasteiger partial charge in [-0.2, -0.15) is 0 Å². The van der Waals surface area contributed by atoms with Gasteiger partial charge in [0.2, 0.25) is 0 Å². The van der Waals surface area contributed by atoms with E-state index in [0.29, 0.717) is 0 Å². The lowest BCUT2D eigenvalue weighted by Crippen LogP contribution is -2.30. The van der Waals surface area contributed by atoms with Gasteiger partial charge in [-0.15, -0.1) is 6.58 Å². The van der Waals surface area contributed by atoms with Crippen molar-refractivity contribution in [1.29, 1.82) is 0 Å². The molecule has 0 aromatic carbocycles. The molecule has 0 aromatic rings. The summed E-state index contributed by atoms with van der Waals surface area (Å²) >= 11 is 0. The Bertz CT molecular complexity index is 169. The lowest BCUT2D eigenvalue weighted by Gasteiger charge is -2.07. The van der Waals surface area contributed by atoms with E-state index < -0.39 is 0 Å². The van der Waals surface area contributed by atoms with E-state index in [4.69, 9.17) is 0 Å². The van der Waals surface area contributed by atoms with Crippen LogP contribution in [0.15, 0.2) is 12.2 Å². The van der Waals surface area contributed by atoms with E-state index in [0.717, 1.165) is 45.7 Å². The molecule has 17 heavy (non-hydrogen) atoms. The van der Waals surface area contributed by atoms with Crippen LogP contribution in [0.2, 0.25) is 0 Å². The molecule has 3 heteroatoms. The molecule has 0 aromatic heterocycles. The zero-order chi connectivity index (χ0) is 12.8. The third-order valence-corrected chi connectivity index (χ3v) is 2.62. The summed E-state index contributed by atoms with van der Waals surface area (Å²) in [7, 11) is 0. The highest BCUT2D eigenvalue weighted by Gasteiger charge is 1.90. The number of hydrogen-bond donors (Lipinski definition) is 3. The minimum Gasteiger partial charge on any atom is -0.316 e. The first-order chi connectivity index (χ1) is 8.27. The van der Waals surface area contributed by atoms with Gasteiger partial charge in [0.05, 0.1) is 0 Å². The molecule has 0 saturated heterocycles. The van der Waals surface area contributed by atoms with Crippen LogP contribution in [-0.4, -0.2) is 39.3 Å². The summed E-state index contributed by atoms with van der Waals surface area (Å²) in [5.41, 5.74) is 1.26. The molecule has 0 aliphatic heterocycles. The van der Waals surface area contributed by atoms with Crippen molar-refractivity contribution in [3.8, 4) is 0 Å². The van der Waals surface area contributed by atoms with Crippen molar-refractivity contribution in [1.82, 2.24) is 16.0 Å². The SMILES string of the molecule is C=C(C)CCNCCCNCCNCCCC. The van der Waals surface area contributed by atoms with Crippen LogP contribution in [0, 0.1) is 0 Å². The maximum Gasteiger partial charge on any atom is 0.00767 e. The van der Waals surface area contributed by atoms with Crippen LogP contribution >= 0.6 is 0 Å². The molecule has 0 radical (unpaired) electrons.